The summed E-state index contributed by atoms with van der Waals surface area (Å²) in [5.74, 6) is 1.54. The highest BCUT2D eigenvalue weighted by Crippen LogP contribution is 2.08. The number of hydrogen-bond acceptors (Lipinski definition) is 6. The van der Waals surface area contributed by atoms with Crippen LogP contribution in [0.1, 0.15) is 32.0 Å². The molecule has 0 aromatic carbocycles. The second kappa shape index (κ2) is 9.99. The minimum absolute atomic E-state index is 0. The number of hydrogen-bond donors (Lipinski definition) is 1. The van der Waals surface area contributed by atoms with Crippen LogP contribution in [0, 0.1) is 0 Å². The summed E-state index contributed by atoms with van der Waals surface area (Å²) in [4.78, 5) is 20.3. The molecule has 2 N–H and O–H groups in total. The zero-order valence-electron chi connectivity index (χ0n) is 13.0. The van der Waals surface area contributed by atoms with Crippen LogP contribution in [0.5, 0.6) is 0 Å². The molecule has 2 heterocycles. The van der Waals surface area contributed by atoms with E-state index in [-0.39, 0.29) is 36.8 Å². The lowest BCUT2D eigenvalue weighted by molar-refractivity contribution is -0.133. The van der Waals surface area contributed by atoms with Crippen molar-refractivity contribution < 1.29 is 9.32 Å². The van der Waals surface area contributed by atoms with Gasteiger partial charge >= 0.3 is 0 Å². The van der Waals surface area contributed by atoms with Crippen LogP contribution in [0.3, 0.4) is 0 Å². The van der Waals surface area contributed by atoms with E-state index in [4.69, 9.17) is 10.3 Å². The maximum absolute atomic E-state index is 11.9. The number of piperazine rings is 1. The summed E-state index contributed by atoms with van der Waals surface area (Å²) >= 11 is 0. The molecule has 0 saturated carbocycles. The maximum Gasteiger partial charge on any atom is 0.226 e. The molecule has 7 nitrogen and oxygen atoms in total. The van der Waals surface area contributed by atoms with E-state index in [0.717, 1.165) is 38.4 Å². The van der Waals surface area contributed by atoms with Crippen molar-refractivity contribution in [3.63, 3.8) is 0 Å². The third kappa shape index (κ3) is 6.08. The molecule has 1 aromatic heterocycles. The summed E-state index contributed by atoms with van der Waals surface area (Å²) in [5, 5.41) is 3.95. The molecule has 1 aromatic rings. The normalized spacial score (nSPS) is 16.6. The van der Waals surface area contributed by atoms with Crippen LogP contribution in [-0.2, 0) is 17.8 Å². The summed E-state index contributed by atoms with van der Waals surface area (Å²) < 4.78 is 5.09. The minimum Gasteiger partial charge on any atom is -0.340 e. The fraction of sp³-hybridized carbons (Fsp3) is 0.769. The summed E-state index contributed by atoms with van der Waals surface area (Å²) in [6.45, 7) is 7.67. The SMILES string of the molecule is CCc1nc(CN2CCN(C(=O)CC(C)N)CC2)no1.Cl.Cl. The fourth-order valence-electron chi connectivity index (χ4n) is 2.26. The Balaban J connectivity index is 0.00000220. The third-order valence-corrected chi connectivity index (χ3v) is 3.40. The molecular formula is C13H25Cl2N5O2. The molecule has 0 aliphatic carbocycles. The molecule has 1 unspecified atom stereocenters. The molecule has 2 rings (SSSR count). The van der Waals surface area contributed by atoms with Crippen LogP contribution in [0.25, 0.3) is 0 Å². The number of nitrogens with zero attached hydrogens (tertiary/aromatic N) is 4. The number of carbonyl (C=O) groups is 1. The van der Waals surface area contributed by atoms with Gasteiger partial charge in [-0.1, -0.05) is 12.1 Å². The lowest BCUT2D eigenvalue weighted by atomic mass is 10.2. The van der Waals surface area contributed by atoms with Gasteiger partial charge in [0.1, 0.15) is 0 Å². The Hall–Kier alpha value is -0.890. The summed E-state index contributed by atoms with van der Waals surface area (Å²) in [7, 11) is 0. The molecule has 1 fully saturated rings. The predicted octanol–water partition coefficient (Wildman–Crippen LogP) is 0.857. The number of nitrogens with two attached hydrogens (primary N) is 1. The van der Waals surface area contributed by atoms with Gasteiger partial charge in [0.15, 0.2) is 5.82 Å². The number of rotatable bonds is 5. The molecule has 1 saturated heterocycles. The quantitative estimate of drug-likeness (QED) is 0.844. The smallest absolute Gasteiger partial charge is 0.226 e. The van der Waals surface area contributed by atoms with Gasteiger partial charge in [-0.25, -0.2) is 0 Å². The van der Waals surface area contributed by atoms with Crippen LogP contribution < -0.4 is 5.73 Å². The van der Waals surface area contributed by atoms with E-state index in [1.54, 1.807) is 0 Å². The van der Waals surface area contributed by atoms with Crippen molar-refractivity contribution in [2.45, 2.75) is 39.3 Å². The summed E-state index contributed by atoms with van der Waals surface area (Å²) in [6.07, 6.45) is 1.18. The molecule has 0 bridgehead atoms. The van der Waals surface area contributed by atoms with E-state index in [9.17, 15) is 4.79 Å². The Labute approximate surface area is 143 Å². The first-order chi connectivity index (χ1) is 9.58. The molecule has 1 atom stereocenters. The standard InChI is InChI=1S/C13H23N5O2.2ClH/c1-3-12-15-11(16-20-12)9-17-4-6-18(7-5-17)13(19)8-10(2)14;;/h10H,3-9,14H2,1-2H3;2*1H. The first-order valence-corrected chi connectivity index (χ1v) is 7.15. The Kier molecular flexibility index (Phi) is 9.59. The lowest BCUT2D eigenvalue weighted by Gasteiger charge is -2.34. The first-order valence-electron chi connectivity index (χ1n) is 7.15. The monoisotopic (exact) mass is 353 g/mol. The molecule has 1 amide bonds. The zero-order valence-corrected chi connectivity index (χ0v) is 14.7. The first kappa shape index (κ1) is 21.1. The van der Waals surface area contributed by atoms with E-state index >= 15 is 0 Å². The second-order valence-electron chi connectivity index (χ2n) is 5.30. The van der Waals surface area contributed by atoms with Gasteiger partial charge in [-0.15, -0.1) is 24.8 Å². The van der Waals surface area contributed by atoms with E-state index < -0.39 is 0 Å². The number of amides is 1. The van der Waals surface area contributed by atoms with Gasteiger partial charge in [-0.2, -0.15) is 4.98 Å². The minimum atomic E-state index is -0.0766. The van der Waals surface area contributed by atoms with Crippen molar-refractivity contribution in [1.82, 2.24) is 19.9 Å². The third-order valence-electron chi connectivity index (χ3n) is 3.40. The van der Waals surface area contributed by atoms with Crippen LogP contribution >= 0.6 is 24.8 Å². The van der Waals surface area contributed by atoms with Crippen molar-refractivity contribution in [3.05, 3.63) is 11.7 Å². The molecule has 1 aliphatic heterocycles. The van der Waals surface area contributed by atoms with Gasteiger partial charge in [0.2, 0.25) is 11.8 Å². The second-order valence-corrected chi connectivity index (χ2v) is 5.30. The van der Waals surface area contributed by atoms with Crippen molar-refractivity contribution in [3.8, 4) is 0 Å². The number of aryl methyl sites for hydroxylation is 1. The fourth-order valence-corrected chi connectivity index (χ4v) is 2.26. The van der Waals surface area contributed by atoms with Gasteiger partial charge in [0.25, 0.3) is 0 Å². The number of carbonyl (C=O) groups excluding carboxylic acids is 1. The van der Waals surface area contributed by atoms with Gasteiger partial charge in [0.05, 0.1) is 6.54 Å². The zero-order chi connectivity index (χ0) is 14.5. The van der Waals surface area contributed by atoms with Gasteiger partial charge in [-0.05, 0) is 6.92 Å². The molecule has 0 spiro atoms. The number of aromatic nitrogens is 2. The molecule has 22 heavy (non-hydrogen) atoms. The van der Waals surface area contributed by atoms with Crippen molar-refractivity contribution in [1.29, 1.82) is 0 Å². The largest absolute Gasteiger partial charge is 0.340 e. The van der Waals surface area contributed by atoms with Gasteiger partial charge in [0, 0.05) is 45.1 Å². The van der Waals surface area contributed by atoms with Crippen LogP contribution in [0.2, 0.25) is 0 Å². The van der Waals surface area contributed by atoms with Crippen molar-refractivity contribution in [2.75, 3.05) is 26.2 Å². The molecule has 9 heteroatoms. The average Bonchev–Trinajstić information content (AvgIpc) is 2.86. The summed E-state index contributed by atoms with van der Waals surface area (Å²) in [6, 6.07) is -0.0766. The predicted molar refractivity (Wildman–Crippen MR) is 88.3 cm³/mol. The van der Waals surface area contributed by atoms with Gasteiger partial charge in [-0.3, -0.25) is 9.69 Å². The van der Waals surface area contributed by atoms with Crippen LogP contribution in [-0.4, -0.2) is 58.1 Å². The highest BCUT2D eigenvalue weighted by Gasteiger charge is 2.22. The Morgan fingerprint density at radius 2 is 1.95 bits per heavy atom. The van der Waals surface area contributed by atoms with Crippen LogP contribution in [0.15, 0.2) is 4.52 Å². The van der Waals surface area contributed by atoms with Crippen LogP contribution in [0.4, 0.5) is 0 Å². The van der Waals surface area contributed by atoms with E-state index in [1.807, 2.05) is 18.7 Å². The number of halogens is 2. The van der Waals surface area contributed by atoms with Crippen molar-refractivity contribution in [2.24, 2.45) is 5.73 Å². The van der Waals surface area contributed by atoms with E-state index in [0.29, 0.717) is 18.9 Å². The summed E-state index contributed by atoms with van der Waals surface area (Å²) in [5.41, 5.74) is 5.66. The highest BCUT2D eigenvalue weighted by molar-refractivity contribution is 5.85. The molecule has 1 aliphatic rings. The Morgan fingerprint density at radius 3 is 2.45 bits per heavy atom. The molecular weight excluding hydrogens is 329 g/mol. The van der Waals surface area contributed by atoms with Crippen molar-refractivity contribution >= 4 is 30.7 Å². The average molecular weight is 354 g/mol. The van der Waals surface area contributed by atoms with Gasteiger partial charge < -0.3 is 15.2 Å². The lowest BCUT2D eigenvalue weighted by Crippen LogP contribution is -2.49. The molecule has 0 radical (unpaired) electrons. The Bertz CT molecular complexity index is 447. The topological polar surface area (TPSA) is 88.5 Å². The van der Waals surface area contributed by atoms with E-state index in [1.165, 1.54) is 0 Å². The van der Waals surface area contributed by atoms with E-state index in [2.05, 4.69) is 15.0 Å². The molecule has 128 valence electrons. The maximum atomic E-state index is 11.9. The Morgan fingerprint density at radius 1 is 1.32 bits per heavy atom. The highest BCUT2D eigenvalue weighted by atomic mass is 35.5.